The number of carbonyl (C=O) groups is 5. The lowest BCUT2D eigenvalue weighted by Crippen LogP contribution is -2.74. The molecule has 1 unspecified atom stereocenters. The van der Waals surface area contributed by atoms with Crippen LogP contribution in [0.25, 0.3) is 0 Å². The van der Waals surface area contributed by atoms with Crippen LogP contribution in [-0.4, -0.2) is 77.7 Å². The molecule has 414 valence electrons. The number of rotatable bonds is 47. The molecule has 0 aromatic rings. The Balaban J connectivity index is 2.36. The van der Waals surface area contributed by atoms with Crippen molar-refractivity contribution in [1.82, 2.24) is 5.32 Å². The van der Waals surface area contributed by atoms with E-state index in [4.69, 9.17) is 23.7 Å². The van der Waals surface area contributed by atoms with Crippen LogP contribution in [0.4, 0.5) is 0 Å². The predicted molar refractivity (Wildman–Crippen MR) is 284 cm³/mol. The van der Waals surface area contributed by atoms with Gasteiger partial charge in [0.1, 0.15) is 18.5 Å². The average molecular weight is 1010 g/mol. The number of hydrogen-bond acceptors (Lipinski definition) is 12. The van der Waals surface area contributed by atoms with Crippen LogP contribution in [-0.2, 0) is 47.7 Å². The second-order valence-corrected chi connectivity index (χ2v) is 21.2. The van der Waals surface area contributed by atoms with E-state index >= 15 is 0 Å². The highest BCUT2D eigenvalue weighted by Gasteiger charge is 2.61. The summed E-state index contributed by atoms with van der Waals surface area (Å²) in [5, 5.41) is 15.6. The molecule has 0 spiro atoms. The highest BCUT2D eigenvalue weighted by atomic mass is 16.7. The summed E-state index contributed by atoms with van der Waals surface area (Å²) in [4.78, 5) is 68.1. The van der Waals surface area contributed by atoms with Crippen LogP contribution in [0.5, 0.6) is 0 Å². The summed E-state index contributed by atoms with van der Waals surface area (Å²) in [6.07, 6.45) is 34.2. The third-order valence-electron chi connectivity index (χ3n) is 14.5. The molecule has 1 aliphatic heterocycles. The SMILES string of the molecule is CCCCCCCCCCCC(=O)OC[C@H]1O[C@@](O)(NC2CCCC2=O)[C@H](OC(=O)CCCCCCCCCCC)[C@@H](OC(=O)CCCCCCCCCCC)[C@H]1OC(=O)CCCCCCCCCCC. The van der Waals surface area contributed by atoms with Gasteiger partial charge in [0.25, 0.3) is 5.91 Å². The van der Waals surface area contributed by atoms with Crippen LogP contribution in [0, 0.1) is 0 Å². The zero-order valence-electron chi connectivity index (χ0n) is 46.0. The van der Waals surface area contributed by atoms with Crippen LogP contribution in [0.1, 0.15) is 304 Å². The first kappa shape index (κ1) is 64.5. The molecule has 0 radical (unpaired) electrons. The third-order valence-corrected chi connectivity index (χ3v) is 14.5. The first-order valence-corrected chi connectivity index (χ1v) is 30.0. The molecular formula is C59H107NO11. The summed E-state index contributed by atoms with van der Waals surface area (Å²) in [6.45, 7) is 8.40. The van der Waals surface area contributed by atoms with E-state index in [9.17, 15) is 29.1 Å². The van der Waals surface area contributed by atoms with Crippen LogP contribution in [0.15, 0.2) is 0 Å². The number of ether oxygens (including phenoxy) is 5. The fourth-order valence-electron chi connectivity index (χ4n) is 10.0. The van der Waals surface area contributed by atoms with Gasteiger partial charge in [0.05, 0.1) is 6.04 Å². The van der Waals surface area contributed by atoms with E-state index in [0.29, 0.717) is 44.9 Å². The van der Waals surface area contributed by atoms with Crippen molar-refractivity contribution < 1.29 is 52.8 Å². The van der Waals surface area contributed by atoms with Gasteiger partial charge in [-0.2, -0.15) is 0 Å². The van der Waals surface area contributed by atoms with Crippen molar-refractivity contribution in [3.05, 3.63) is 0 Å². The molecule has 0 aromatic carbocycles. The highest BCUT2D eigenvalue weighted by molar-refractivity contribution is 5.86. The van der Waals surface area contributed by atoms with E-state index in [-0.39, 0.29) is 31.5 Å². The molecule has 12 nitrogen and oxygen atoms in total. The predicted octanol–water partition coefficient (Wildman–Crippen LogP) is 14.7. The van der Waals surface area contributed by atoms with Crippen LogP contribution < -0.4 is 5.32 Å². The zero-order chi connectivity index (χ0) is 51.6. The molecule has 1 aliphatic carbocycles. The van der Waals surface area contributed by atoms with Crippen molar-refractivity contribution in [2.45, 2.75) is 340 Å². The Morgan fingerprint density at radius 2 is 0.803 bits per heavy atom. The minimum atomic E-state index is -2.56. The molecule has 71 heavy (non-hydrogen) atoms. The number of unbranched alkanes of at least 4 members (excludes halogenated alkanes) is 32. The van der Waals surface area contributed by atoms with Crippen molar-refractivity contribution in [3.63, 3.8) is 0 Å². The number of nitrogens with one attached hydrogen (secondary N) is 1. The van der Waals surface area contributed by atoms with Gasteiger partial charge in [-0.1, -0.05) is 233 Å². The minimum absolute atomic E-state index is 0.0485. The lowest BCUT2D eigenvalue weighted by molar-refractivity contribution is -0.365. The monoisotopic (exact) mass is 1010 g/mol. The molecule has 0 aromatic heterocycles. The zero-order valence-corrected chi connectivity index (χ0v) is 46.0. The fourth-order valence-corrected chi connectivity index (χ4v) is 10.0. The molecule has 12 heteroatoms. The molecule has 6 atom stereocenters. The lowest BCUT2D eigenvalue weighted by atomic mass is 9.94. The van der Waals surface area contributed by atoms with Gasteiger partial charge in [-0.25, -0.2) is 0 Å². The van der Waals surface area contributed by atoms with E-state index in [2.05, 4.69) is 33.0 Å². The van der Waals surface area contributed by atoms with Crippen molar-refractivity contribution in [2.75, 3.05) is 6.61 Å². The van der Waals surface area contributed by atoms with E-state index in [1.165, 1.54) is 109 Å². The molecular weight excluding hydrogens is 899 g/mol. The number of aliphatic hydroxyl groups is 1. The van der Waals surface area contributed by atoms with Gasteiger partial charge >= 0.3 is 23.9 Å². The molecule has 0 amide bonds. The van der Waals surface area contributed by atoms with E-state index in [1.807, 2.05) is 0 Å². The van der Waals surface area contributed by atoms with Gasteiger partial charge in [-0.3, -0.25) is 29.3 Å². The van der Waals surface area contributed by atoms with Crippen LogP contribution in [0.3, 0.4) is 0 Å². The summed E-state index contributed by atoms with van der Waals surface area (Å²) in [5.41, 5.74) is 0. The smallest absolute Gasteiger partial charge is 0.306 e. The number of esters is 4. The second kappa shape index (κ2) is 42.8. The van der Waals surface area contributed by atoms with E-state index in [0.717, 1.165) is 96.3 Å². The first-order chi connectivity index (χ1) is 34.6. The minimum Gasteiger partial charge on any atom is -0.463 e. The van der Waals surface area contributed by atoms with Crippen molar-refractivity contribution in [1.29, 1.82) is 0 Å². The Kier molecular flexibility index (Phi) is 38.9. The third kappa shape index (κ3) is 31.0. The number of ketones is 1. The standard InChI is InChI=1S/C59H107NO11/c1-5-9-13-17-21-25-29-33-37-44-52(62)67-48-51-56(68-53(63)45-38-34-30-26-22-18-14-10-6-2)57(69-54(64)46-39-35-31-27-23-19-15-11-7-3)58(59(66,71-51)60-49-42-41-43-50(49)61)70-55(65)47-40-36-32-28-24-20-16-12-8-4/h49,51,56-58,60,66H,5-48H2,1-4H3/t49?,51-,56+,57+,58-,59-/m1/s1. The molecule has 1 heterocycles. The second-order valence-electron chi connectivity index (χ2n) is 21.2. The Bertz CT molecular complexity index is 1380. The van der Waals surface area contributed by atoms with Gasteiger partial charge in [0.15, 0.2) is 12.2 Å². The topological polar surface area (TPSA) is 164 Å². The molecule has 1 saturated heterocycles. The Morgan fingerprint density at radius 3 is 1.15 bits per heavy atom. The van der Waals surface area contributed by atoms with Gasteiger partial charge in [0.2, 0.25) is 6.10 Å². The van der Waals surface area contributed by atoms with Crippen molar-refractivity contribution >= 4 is 29.7 Å². The van der Waals surface area contributed by atoms with Gasteiger partial charge in [-0.15, -0.1) is 0 Å². The number of carbonyl (C=O) groups excluding carboxylic acids is 5. The van der Waals surface area contributed by atoms with E-state index in [1.54, 1.807) is 0 Å². The molecule has 2 rings (SSSR count). The molecule has 2 fully saturated rings. The van der Waals surface area contributed by atoms with Gasteiger partial charge < -0.3 is 28.8 Å². The number of hydrogen-bond donors (Lipinski definition) is 2. The highest BCUT2D eigenvalue weighted by Crippen LogP contribution is 2.36. The van der Waals surface area contributed by atoms with Crippen LogP contribution in [0.2, 0.25) is 0 Å². The van der Waals surface area contributed by atoms with Crippen molar-refractivity contribution in [3.8, 4) is 0 Å². The Hall–Kier alpha value is -2.57. The largest absolute Gasteiger partial charge is 0.463 e. The maximum Gasteiger partial charge on any atom is 0.306 e. The quantitative estimate of drug-likeness (QED) is 0.0257. The summed E-state index contributed by atoms with van der Waals surface area (Å²) in [7, 11) is 0. The lowest BCUT2D eigenvalue weighted by Gasteiger charge is -2.49. The van der Waals surface area contributed by atoms with E-state index < -0.39 is 66.9 Å². The van der Waals surface area contributed by atoms with Crippen LogP contribution >= 0.6 is 0 Å². The summed E-state index contributed by atoms with van der Waals surface area (Å²) < 4.78 is 30.8. The summed E-state index contributed by atoms with van der Waals surface area (Å²) >= 11 is 0. The molecule has 2 aliphatic rings. The average Bonchev–Trinajstić information content (AvgIpc) is 3.75. The first-order valence-electron chi connectivity index (χ1n) is 30.0. The molecule has 0 bridgehead atoms. The molecule has 2 N–H and O–H groups in total. The molecule has 1 saturated carbocycles. The Labute approximate surface area is 433 Å². The summed E-state index contributed by atoms with van der Waals surface area (Å²) in [6, 6.07) is -0.836. The maximum atomic E-state index is 13.9. The maximum absolute atomic E-state index is 13.9. The normalized spacial score (nSPS) is 21.1. The fraction of sp³-hybridized carbons (Fsp3) is 0.915. The van der Waals surface area contributed by atoms with Gasteiger partial charge in [0, 0.05) is 32.1 Å². The van der Waals surface area contributed by atoms with Gasteiger partial charge in [-0.05, 0) is 38.5 Å². The Morgan fingerprint density at radius 1 is 0.479 bits per heavy atom. The summed E-state index contributed by atoms with van der Waals surface area (Å²) in [5.74, 6) is -4.95. The van der Waals surface area contributed by atoms with Crippen molar-refractivity contribution in [2.24, 2.45) is 0 Å². The number of Topliss-reactive ketones (excluding diaryl/α,β-unsaturated/α-hetero) is 1.